The van der Waals surface area contributed by atoms with Crippen LogP contribution >= 0.6 is 0 Å². The number of carbonyl (C=O) groups is 1. The topological polar surface area (TPSA) is 71.1 Å². The van der Waals surface area contributed by atoms with Gasteiger partial charge in [-0.3, -0.25) is 0 Å². The van der Waals surface area contributed by atoms with Crippen LogP contribution in [-0.4, -0.2) is 44.6 Å². The molecule has 6 heteroatoms. The van der Waals surface area contributed by atoms with Gasteiger partial charge >= 0.3 is 6.09 Å². The molecule has 1 N–H and O–H groups in total. The number of rotatable bonds is 2. The zero-order chi connectivity index (χ0) is 19.7. The van der Waals surface area contributed by atoms with Gasteiger partial charge in [0.15, 0.2) is 5.65 Å². The van der Waals surface area contributed by atoms with Crippen LogP contribution in [0.4, 0.5) is 4.79 Å². The fourth-order valence-electron chi connectivity index (χ4n) is 4.56. The molecular weight excluding hydrogens is 352 g/mol. The van der Waals surface area contributed by atoms with Gasteiger partial charge in [0, 0.05) is 25.2 Å². The van der Waals surface area contributed by atoms with Crippen molar-refractivity contribution in [2.75, 3.05) is 13.1 Å². The Morgan fingerprint density at radius 2 is 1.82 bits per heavy atom. The standard InChI is InChI=1S/C22H32N4O2/c1-22(2,3)28-21(27)26-13-10-15(11-14-26)17-9-12-23-20-18(17)24-19(25-20)16-7-5-4-6-8-16/h9,12,15-16H,4-8,10-11,13-14H2,1-3H3,(H,23,24,25). The largest absolute Gasteiger partial charge is 0.444 e. The summed E-state index contributed by atoms with van der Waals surface area (Å²) in [5.41, 5.74) is 2.78. The molecule has 2 aromatic rings. The number of hydrogen-bond acceptors (Lipinski definition) is 4. The monoisotopic (exact) mass is 384 g/mol. The van der Waals surface area contributed by atoms with Crippen LogP contribution in [0.1, 0.15) is 88.9 Å². The maximum atomic E-state index is 12.3. The first-order valence-electron chi connectivity index (χ1n) is 10.7. The number of piperidine rings is 1. The van der Waals surface area contributed by atoms with E-state index in [0.717, 1.165) is 42.9 Å². The molecule has 28 heavy (non-hydrogen) atoms. The zero-order valence-corrected chi connectivity index (χ0v) is 17.3. The molecule has 152 valence electrons. The molecule has 1 aliphatic carbocycles. The number of H-pyrrole nitrogens is 1. The third kappa shape index (κ3) is 4.15. The third-order valence-corrected chi connectivity index (χ3v) is 6.02. The molecular formula is C22H32N4O2. The summed E-state index contributed by atoms with van der Waals surface area (Å²) >= 11 is 0. The summed E-state index contributed by atoms with van der Waals surface area (Å²) in [6, 6.07) is 2.12. The Balaban J connectivity index is 1.47. The first-order chi connectivity index (χ1) is 13.4. The highest BCUT2D eigenvalue weighted by Crippen LogP contribution is 2.35. The fraction of sp³-hybridized carbons (Fsp3) is 0.682. The second-order valence-electron chi connectivity index (χ2n) is 9.30. The number of imidazole rings is 1. The number of nitrogens with zero attached hydrogens (tertiary/aromatic N) is 3. The number of aromatic nitrogens is 3. The molecule has 0 unspecified atom stereocenters. The lowest BCUT2D eigenvalue weighted by atomic mass is 9.88. The Morgan fingerprint density at radius 1 is 1.11 bits per heavy atom. The molecule has 4 rings (SSSR count). The highest BCUT2D eigenvalue weighted by molar-refractivity contribution is 5.75. The molecule has 2 aliphatic rings. The lowest BCUT2D eigenvalue weighted by Gasteiger charge is -2.33. The number of fused-ring (bicyclic) bond motifs is 1. The van der Waals surface area contributed by atoms with Crippen LogP contribution < -0.4 is 0 Å². The summed E-state index contributed by atoms with van der Waals surface area (Å²) in [7, 11) is 0. The number of hydrogen-bond donors (Lipinski definition) is 1. The van der Waals surface area contributed by atoms with E-state index in [1.165, 1.54) is 37.7 Å². The van der Waals surface area contributed by atoms with Crippen molar-refractivity contribution < 1.29 is 9.53 Å². The lowest BCUT2D eigenvalue weighted by Crippen LogP contribution is -2.41. The van der Waals surface area contributed by atoms with Crippen LogP contribution in [0.2, 0.25) is 0 Å². The molecule has 0 radical (unpaired) electrons. The molecule has 0 atom stereocenters. The van der Waals surface area contributed by atoms with Gasteiger partial charge in [-0.15, -0.1) is 0 Å². The van der Waals surface area contributed by atoms with Crippen molar-refractivity contribution in [1.82, 2.24) is 19.9 Å². The summed E-state index contributed by atoms with van der Waals surface area (Å²) in [5.74, 6) is 2.08. The van der Waals surface area contributed by atoms with Gasteiger partial charge in [0.2, 0.25) is 0 Å². The highest BCUT2D eigenvalue weighted by atomic mass is 16.6. The van der Waals surface area contributed by atoms with Crippen LogP contribution in [0.25, 0.3) is 11.2 Å². The Morgan fingerprint density at radius 3 is 2.50 bits per heavy atom. The van der Waals surface area contributed by atoms with Gasteiger partial charge in [-0.25, -0.2) is 14.8 Å². The Bertz CT molecular complexity index is 825. The van der Waals surface area contributed by atoms with Crippen molar-refractivity contribution in [2.45, 2.75) is 83.2 Å². The van der Waals surface area contributed by atoms with Crippen molar-refractivity contribution in [2.24, 2.45) is 0 Å². The predicted octanol–water partition coefficient (Wildman–Crippen LogP) is 5.12. The van der Waals surface area contributed by atoms with Gasteiger partial charge in [0.05, 0.1) is 5.52 Å². The molecule has 1 aliphatic heterocycles. The SMILES string of the molecule is CC(C)(C)OC(=O)N1CCC(c2ccnc3nc(C4CCCCC4)[nH]c23)CC1. The van der Waals surface area contributed by atoms with Crippen LogP contribution in [-0.2, 0) is 4.74 Å². The van der Waals surface area contributed by atoms with Crippen LogP contribution in [0, 0.1) is 0 Å². The zero-order valence-electron chi connectivity index (χ0n) is 17.3. The number of nitrogens with one attached hydrogen (secondary N) is 1. The summed E-state index contributed by atoms with van der Waals surface area (Å²) in [6.45, 7) is 7.19. The maximum Gasteiger partial charge on any atom is 0.410 e. The number of pyridine rings is 1. The number of likely N-dealkylation sites (tertiary alicyclic amines) is 1. The minimum absolute atomic E-state index is 0.202. The number of amides is 1. The smallest absolute Gasteiger partial charge is 0.410 e. The van der Waals surface area contributed by atoms with E-state index >= 15 is 0 Å². The van der Waals surface area contributed by atoms with Gasteiger partial charge in [-0.05, 0) is 64.0 Å². The second-order valence-corrected chi connectivity index (χ2v) is 9.30. The highest BCUT2D eigenvalue weighted by Gasteiger charge is 2.29. The Hall–Kier alpha value is -2.11. The minimum Gasteiger partial charge on any atom is -0.444 e. The molecule has 2 fully saturated rings. The average Bonchev–Trinajstić information content (AvgIpc) is 3.12. The quantitative estimate of drug-likeness (QED) is 0.780. The molecule has 3 heterocycles. The van der Waals surface area contributed by atoms with Crippen molar-refractivity contribution in [3.63, 3.8) is 0 Å². The predicted molar refractivity (Wildman–Crippen MR) is 109 cm³/mol. The third-order valence-electron chi connectivity index (χ3n) is 6.02. The Labute approximate surface area is 167 Å². The first-order valence-corrected chi connectivity index (χ1v) is 10.7. The lowest BCUT2D eigenvalue weighted by molar-refractivity contribution is 0.0205. The summed E-state index contributed by atoms with van der Waals surface area (Å²) in [6.07, 6.45) is 9.95. The van der Waals surface area contributed by atoms with Crippen molar-refractivity contribution in [3.05, 3.63) is 23.7 Å². The fourth-order valence-corrected chi connectivity index (χ4v) is 4.56. The van der Waals surface area contributed by atoms with E-state index in [-0.39, 0.29) is 6.09 Å². The maximum absolute atomic E-state index is 12.3. The number of carbonyl (C=O) groups excluding carboxylic acids is 1. The molecule has 6 nitrogen and oxygen atoms in total. The number of aromatic amines is 1. The van der Waals surface area contributed by atoms with Crippen LogP contribution in [0.15, 0.2) is 12.3 Å². The normalized spacial score (nSPS) is 19.9. The molecule has 2 aromatic heterocycles. The average molecular weight is 385 g/mol. The summed E-state index contributed by atoms with van der Waals surface area (Å²) in [5, 5.41) is 0. The van der Waals surface area contributed by atoms with E-state index in [9.17, 15) is 4.79 Å². The van der Waals surface area contributed by atoms with E-state index in [0.29, 0.717) is 11.8 Å². The van der Waals surface area contributed by atoms with Crippen molar-refractivity contribution >= 4 is 17.3 Å². The molecule has 1 saturated carbocycles. The number of ether oxygens (including phenoxy) is 1. The molecule has 0 spiro atoms. The van der Waals surface area contributed by atoms with E-state index in [2.05, 4.69) is 16.0 Å². The summed E-state index contributed by atoms with van der Waals surface area (Å²) in [4.78, 5) is 27.1. The van der Waals surface area contributed by atoms with Gasteiger partial charge < -0.3 is 14.6 Å². The van der Waals surface area contributed by atoms with E-state index in [1.54, 1.807) is 0 Å². The van der Waals surface area contributed by atoms with Gasteiger partial charge in [-0.2, -0.15) is 0 Å². The Kier molecular flexibility index (Phi) is 5.30. The second kappa shape index (κ2) is 7.72. The van der Waals surface area contributed by atoms with E-state index < -0.39 is 5.60 Å². The van der Waals surface area contributed by atoms with E-state index in [1.807, 2.05) is 31.9 Å². The van der Waals surface area contributed by atoms with Gasteiger partial charge in [0.1, 0.15) is 11.4 Å². The minimum atomic E-state index is -0.448. The van der Waals surface area contributed by atoms with E-state index in [4.69, 9.17) is 9.72 Å². The van der Waals surface area contributed by atoms with Gasteiger partial charge in [-0.1, -0.05) is 19.3 Å². The van der Waals surface area contributed by atoms with Crippen molar-refractivity contribution in [1.29, 1.82) is 0 Å². The van der Waals surface area contributed by atoms with Crippen LogP contribution in [0.5, 0.6) is 0 Å². The summed E-state index contributed by atoms with van der Waals surface area (Å²) < 4.78 is 5.52. The first kappa shape index (κ1) is 19.2. The van der Waals surface area contributed by atoms with Gasteiger partial charge in [0.25, 0.3) is 0 Å². The molecule has 0 aromatic carbocycles. The molecule has 0 bridgehead atoms. The van der Waals surface area contributed by atoms with Crippen LogP contribution in [0.3, 0.4) is 0 Å². The molecule has 1 amide bonds. The van der Waals surface area contributed by atoms with Crippen molar-refractivity contribution in [3.8, 4) is 0 Å². The molecule has 1 saturated heterocycles.